The van der Waals surface area contributed by atoms with E-state index in [1.54, 1.807) is 25.3 Å². The summed E-state index contributed by atoms with van der Waals surface area (Å²) in [6.45, 7) is 5.91. The van der Waals surface area contributed by atoms with Gasteiger partial charge in [-0.2, -0.15) is 4.31 Å². The Morgan fingerprint density at radius 1 is 1.13 bits per heavy atom. The lowest BCUT2D eigenvalue weighted by Crippen LogP contribution is -2.30. The quantitative estimate of drug-likeness (QED) is 0.675. The third-order valence-electron chi connectivity index (χ3n) is 5.41. The number of hydrogen-bond acceptors (Lipinski definition) is 5. The summed E-state index contributed by atoms with van der Waals surface area (Å²) in [5.41, 5.74) is 3.71. The third-order valence-corrected chi connectivity index (χ3v) is 7.31. The summed E-state index contributed by atoms with van der Waals surface area (Å²) in [5.74, 6) is 0.688. The number of hydrogen-bond donors (Lipinski definition) is 1. The number of aryl methyl sites for hydroxylation is 2. The van der Waals surface area contributed by atoms with Gasteiger partial charge in [-0.3, -0.25) is 9.69 Å². The van der Waals surface area contributed by atoms with Crippen LogP contribution in [0.5, 0.6) is 5.75 Å². The average molecular weight is 446 g/mol. The topological polar surface area (TPSA) is 79.0 Å². The Bertz CT molecular complexity index is 1020. The first kappa shape index (κ1) is 23.2. The number of ether oxygens (including phenoxy) is 1. The summed E-state index contributed by atoms with van der Waals surface area (Å²) in [7, 11) is 0.0279. The number of likely N-dealkylation sites (N-methyl/N-ethyl adjacent to an activating group) is 1. The van der Waals surface area contributed by atoms with Crippen molar-refractivity contribution in [2.24, 2.45) is 0 Å². The van der Waals surface area contributed by atoms with Crippen molar-refractivity contribution in [3.63, 3.8) is 0 Å². The first-order valence-corrected chi connectivity index (χ1v) is 11.9. The molecule has 1 N–H and O–H groups in total. The van der Waals surface area contributed by atoms with Crippen LogP contribution in [0.3, 0.4) is 0 Å². The van der Waals surface area contributed by atoms with Crippen LogP contribution in [0, 0.1) is 13.8 Å². The van der Waals surface area contributed by atoms with Gasteiger partial charge in [-0.05, 0) is 68.6 Å². The average Bonchev–Trinajstić information content (AvgIpc) is 3.23. The minimum atomic E-state index is -3.51. The second-order valence-electron chi connectivity index (χ2n) is 8.12. The Kier molecular flexibility index (Phi) is 7.35. The van der Waals surface area contributed by atoms with Crippen molar-refractivity contribution < 1.29 is 17.9 Å². The van der Waals surface area contributed by atoms with Gasteiger partial charge in [0.05, 0.1) is 18.6 Å². The van der Waals surface area contributed by atoms with Crippen molar-refractivity contribution in [3.8, 4) is 5.75 Å². The van der Waals surface area contributed by atoms with Gasteiger partial charge in [-0.25, -0.2) is 8.42 Å². The van der Waals surface area contributed by atoms with Gasteiger partial charge in [0.1, 0.15) is 5.75 Å². The Morgan fingerprint density at radius 2 is 1.77 bits per heavy atom. The first-order valence-electron chi connectivity index (χ1n) is 10.4. The SMILES string of the molecule is COc1c(C)cc(CN(C)CC(=O)Nc2cccc(S(=O)(=O)N3CCCC3)c2)cc1C. The van der Waals surface area contributed by atoms with E-state index in [-0.39, 0.29) is 17.3 Å². The van der Waals surface area contributed by atoms with Crippen LogP contribution in [0.2, 0.25) is 0 Å². The molecule has 1 aliphatic rings. The van der Waals surface area contributed by atoms with Crippen LogP contribution in [-0.2, 0) is 21.4 Å². The minimum Gasteiger partial charge on any atom is -0.496 e. The Labute approximate surface area is 185 Å². The number of amides is 1. The van der Waals surface area contributed by atoms with E-state index < -0.39 is 10.0 Å². The molecule has 1 aliphatic heterocycles. The molecular weight excluding hydrogens is 414 g/mol. The minimum absolute atomic E-state index is 0.188. The highest BCUT2D eigenvalue weighted by molar-refractivity contribution is 7.89. The summed E-state index contributed by atoms with van der Waals surface area (Å²) in [6.07, 6.45) is 1.77. The zero-order valence-corrected chi connectivity index (χ0v) is 19.5. The van der Waals surface area contributed by atoms with E-state index in [1.807, 2.05) is 25.8 Å². The van der Waals surface area contributed by atoms with E-state index >= 15 is 0 Å². The van der Waals surface area contributed by atoms with Gasteiger partial charge in [0, 0.05) is 25.3 Å². The molecule has 8 heteroatoms. The number of rotatable bonds is 8. The third kappa shape index (κ3) is 5.64. The van der Waals surface area contributed by atoms with Crippen LogP contribution in [-0.4, -0.2) is 57.3 Å². The second-order valence-corrected chi connectivity index (χ2v) is 10.1. The highest BCUT2D eigenvalue weighted by Crippen LogP contribution is 2.25. The molecule has 0 atom stereocenters. The molecule has 168 valence electrons. The van der Waals surface area contributed by atoms with Gasteiger partial charge < -0.3 is 10.1 Å². The Hall–Kier alpha value is -2.42. The van der Waals surface area contributed by atoms with Gasteiger partial charge in [-0.1, -0.05) is 18.2 Å². The molecule has 1 saturated heterocycles. The Morgan fingerprint density at radius 3 is 2.39 bits per heavy atom. The number of carbonyl (C=O) groups excluding carboxylic acids is 1. The van der Waals surface area contributed by atoms with Crippen LogP contribution in [0.4, 0.5) is 5.69 Å². The molecule has 1 amide bonds. The molecule has 2 aromatic rings. The van der Waals surface area contributed by atoms with Gasteiger partial charge in [-0.15, -0.1) is 0 Å². The van der Waals surface area contributed by atoms with Crippen LogP contribution in [0.25, 0.3) is 0 Å². The van der Waals surface area contributed by atoms with Gasteiger partial charge >= 0.3 is 0 Å². The van der Waals surface area contributed by atoms with Crippen LogP contribution >= 0.6 is 0 Å². The largest absolute Gasteiger partial charge is 0.496 e. The predicted octanol–water partition coefficient (Wildman–Crippen LogP) is 3.17. The molecule has 2 aromatic carbocycles. The van der Waals surface area contributed by atoms with E-state index in [0.717, 1.165) is 35.3 Å². The lowest BCUT2D eigenvalue weighted by atomic mass is 10.1. The number of methoxy groups -OCH3 is 1. The monoisotopic (exact) mass is 445 g/mol. The fourth-order valence-corrected chi connectivity index (χ4v) is 5.64. The molecule has 31 heavy (non-hydrogen) atoms. The van der Waals surface area contributed by atoms with Crippen molar-refractivity contribution >= 4 is 21.6 Å². The molecule has 0 bridgehead atoms. The molecule has 1 heterocycles. The number of sulfonamides is 1. The second kappa shape index (κ2) is 9.80. The lowest BCUT2D eigenvalue weighted by molar-refractivity contribution is -0.117. The molecule has 0 radical (unpaired) electrons. The van der Waals surface area contributed by atoms with E-state index in [2.05, 4.69) is 17.4 Å². The fraction of sp³-hybridized carbons (Fsp3) is 0.435. The van der Waals surface area contributed by atoms with Crippen molar-refractivity contribution in [2.75, 3.05) is 39.1 Å². The smallest absolute Gasteiger partial charge is 0.243 e. The van der Waals surface area contributed by atoms with E-state index in [1.165, 1.54) is 10.4 Å². The number of anilines is 1. The Balaban J connectivity index is 1.62. The van der Waals surface area contributed by atoms with Gasteiger partial charge in [0.25, 0.3) is 0 Å². The normalized spacial score (nSPS) is 14.7. The maximum Gasteiger partial charge on any atom is 0.243 e. The number of nitrogens with zero attached hydrogens (tertiary/aromatic N) is 2. The van der Waals surface area contributed by atoms with Crippen molar-refractivity contribution in [3.05, 3.63) is 53.1 Å². The zero-order chi connectivity index (χ0) is 22.6. The molecular formula is C23H31N3O4S. The van der Waals surface area contributed by atoms with E-state index in [9.17, 15) is 13.2 Å². The summed E-state index contributed by atoms with van der Waals surface area (Å²) in [5, 5.41) is 2.82. The first-order chi connectivity index (χ1) is 14.7. The fourth-order valence-electron chi connectivity index (χ4n) is 4.08. The van der Waals surface area contributed by atoms with Crippen molar-refractivity contribution in [2.45, 2.75) is 38.1 Å². The highest BCUT2D eigenvalue weighted by Gasteiger charge is 2.27. The van der Waals surface area contributed by atoms with Crippen molar-refractivity contribution in [1.29, 1.82) is 0 Å². The molecule has 0 aliphatic carbocycles. The maximum atomic E-state index is 12.8. The standard InChI is InChI=1S/C23H31N3O4S/c1-17-12-19(13-18(2)23(17)30-4)15-25(3)16-22(27)24-20-8-7-9-21(14-20)31(28,29)26-10-5-6-11-26/h7-9,12-14H,5-6,10-11,15-16H2,1-4H3,(H,24,27). The summed E-state index contributed by atoms with van der Waals surface area (Å²) in [4.78, 5) is 14.7. The molecule has 0 spiro atoms. The van der Waals surface area contributed by atoms with E-state index in [0.29, 0.717) is 25.3 Å². The summed E-state index contributed by atoms with van der Waals surface area (Å²) in [6, 6.07) is 10.6. The van der Waals surface area contributed by atoms with Crippen LogP contribution < -0.4 is 10.1 Å². The number of benzene rings is 2. The lowest BCUT2D eigenvalue weighted by Gasteiger charge is -2.19. The molecule has 3 rings (SSSR count). The number of carbonyl (C=O) groups is 1. The highest BCUT2D eigenvalue weighted by atomic mass is 32.2. The number of nitrogens with one attached hydrogen (secondary N) is 1. The van der Waals surface area contributed by atoms with Crippen LogP contribution in [0.1, 0.15) is 29.5 Å². The van der Waals surface area contributed by atoms with E-state index in [4.69, 9.17) is 4.74 Å². The molecule has 0 unspecified atom stereocenters. The molecule has 0 saturated carbocycles. The van der Waals surface area contributed by atoms with Crippen LogP contribution in [0.15, 0.2) is 41.3 Å². The van der Waals surface area contributed by atoms with Gasteiger partial charge in [0.15, 0.2) is 0 Å². The molecule has 7 nitrogen and oxygen atoms in total. The van der Waals surface area contributed by atoms with Crippen molar-refractivity contribution in [1.82, 2.24) is 9.21 Å². The summed E-state index contributed by atoms with van der Waals surface area (Å²) >= 11 is 0. The molecule has 1 fully saturated rings. The maximum absolute atomic E-state index is 12.8. The van der Waals surface area contributed by atoms with Gasteiger partial charge in [0.2, 0.25) is 15.9 Å². The summed E-state index contributed by atoms with van der Waals surface area (Å²) < 4.78 is 32.4. The zero-order valence-electron chi connectivity index (χ0n) is 18.6. The predicted molar refractivity (Wildman–Crippen MR) is 122 cm³/mol. The molecule has 0 aromatic heterocycles.